The summed E-state index contributed by atoms with van der Waals surface area (Å²) in [6, 6.07) is 0.793. The van der Waals surface area contributed by atoms with Crippen LogP contribution in [-0.4, -0.2) is 24.7 Å². The molecule has 13 heavy (non-hydrogen) atoms. The highest BCUT2D eigenvalue weighted by atomic mass is 15.2. The molecule has 0 spiro atoms. The van der Waals surface area contributed by atoms with Crippen LogP contribution >= 0.6 is 0 Å². The Labute approximate surface area is 80.5 Å². The van der Waals surface area contributed by atoms with Crippen LogP contribution in [0.4, 0.5) is 0 Å². The van der Waals surface area contributed by atoms with Gasteiger partial charge in [-0.15, -0.1) is 0 Å². The van der Waals surface area contributed by atoms with Gasteiger partial charge in [0.25, 0.3) is 0 Å². The molecule has 2 heteroatoms. The Morgan fingerprint density at radius 3 is 2.62 bits per heavy atom. The van der Waals surface area contributed by atoms with Crippen LogP contribution in [0.1, 0.15) is 38.5 Å². The molecule has 2 atom stereocenters. The van der Waals surface area contributed by atoms with E-state index in [1.54, 1.807) is 0 Å². The SMILES string of the molecule is C1CCC(C[C@]23CN[C@H](CN2)C3)C1. The zero-order chi connectivity index (χ0) is 8.73. The molecule has 0 unspecified atom stereocenters. The molecule has 1 saturated carbocycles. The lowest BCUT2D eigenvalue weighted by Crippen LogP contribution is -2.50. The van der Waals surface area contributed by atoms with Crippen molar-refractivity contribution >= 4 is 0 Å². The summed E-state index contributed by atoms with van der Waals surface area (Å²) in [5, 5.41) is 7.34. The molecular weight excluding hydrogens is 160 g/mol. The van der Waals surface area contributed by atoms with Crippen LogP contribution in [0.5, 0.6) is 0 Å². The maximum Gasteiger partial charge on any atom is 0.0324 e. The molecule has 0 aromatic rings. The molecule has 0 radical (unpaired) electrons. The second-order valence-electron chi connectivity index (χ2n) is 5.30. The first-order valence-electron chi connectivity index (χ1n) is 5.85. The minimum absolute atomic E-state index is 0.514. The van der Waals surface area contributed by atoms with E-state index in [9.17, 15) is 0 Å². The van der Waals surface area contributed by atoms with Gasteiger partial charge >= 0.3 is 0 Å². The lowest BCUT2D eigenvalue weighted by Gasteiger charge is -2.30. The quantitative estimate of drug-likeness (QED) is 0.669. The molecule has 1 aliphatic carbocycles. The van der Waals surface area contributed by atoms with E-state index in [1.165, 1.54) is 51.6 Å². The number of nitrogens with one attached hydrogen (secondary N) is 2. The predicted molar refractivity (Wildman–Crippen MR) is 53.7 cm³/mol. The van der Waals surface area contributed by atoms with Gasteiger partial charge in [-0.2, -0.15) is 0 Å². The Morgan fingerprint density at radius 2 is 2.08 bits per heavy atom. The van der Waals surface area contributed by atoms with Crippen molar-refractivity contribution in [2.24, 2.45) is 5.92 Å². The van der Waals surface area contributed by atoms with Crippen molar-refractivity contribution in [3.8, 4) is 0 Å². The largest absolute Gasteiger partial charge is 0.311 e. The highest BCUT2D eigenvalue weighted by molar-refractivity contribution is 5.08. The van der Waals surface area contributed by atoms with E-state index < -0.39 is 0 Å². The monoisotopic (exact) mass is 180 g/mol. The second kappa shape index (κ2) is 2.96. The number of hydrogen-bond donors (Lipinski definition) is 2. The maximum atomic E-state index is 3.73. The summed E-state index contributed by atoms with van der Waals surface area (Å²) < 4.78 is 0. The first-order valence-corrected chi connectivity index (χ1v) is 5.85. The molecular formula is C11H20N2. The van der Waals surface area contributed by atoms with Crippen LogP contribution in [0.3, 0.4) is 0 Å². The van der Waals surface area contributed by atoms with Crippen LogP contribution in [0.15, 0.2) is 0 Å². The number of rotatable bonds is 2. The van der Waals surface area contributed by atoms with Crippen molar-refractivity contribution in [1.82, 2.24) is 10.6 Å². The van der Waals surface area contributed by atoms with E-state index in [4.69, 9.17) is 0 Å². The minimum atomic E-state index is 0.514. The number of fused-ring (bicyclic) bond motifs is 2. The summed E-state index contributed by atoms with van der Waals surface area (Å²) in [5.41, 5.74) is 0.514. The van der Waals surface area contributed by atoms with Crippen molar-refractivity contribution in [2.75, 3.05) is 13.1 Å². The molecule has 2 saturated heterocycles. The molecule has 2 bridgehead atoms. The molecule has 3 fully saturated rings. The highest BCUT2D eigenvalue weighted by Crippen LogP contribution is 2.37. The number of hydrogen-bond acceptors (Lipinski definition) is 2. The van der Waals surface area contributed by atoms with Gasteiger partial charge in [0.15, 0.2) is 0 Å². The molecule has 2 N–H and O–H groups in total. The van der Waals surface area contributed by atoms with Crippen molar-refractivity contribution in [1.29, 1.82) is 0 Å². The van der Waals surface area contributed by atoms with Gasteiger partial charge < -0.3 is 10.6 Å². The summed E-state index contributed by atoms with van der Waals surface area (Å²) in [6.45, 7) is 2.45. The van der Waals surface area contributed by atoms with E-state index in [-0.39, 0.29) is 0 Å². The van der Waals surface area contributed by atoms with Crippen LogP contribution in [0, 0.1) is 5.92 Å². The maximum absolute atomic E-state index is 3.73. The van der Waals surface area contributed by atoms with E-state index in [0.717, 1.165) is 12.0 Å². The fourth-order valence-corrected chi connectivity index (χ4v) is 3.57. The Hall–Kier alpha value is -0.0800. The molecule has 2 aliphatic heterocycles. The molecule has 0 aromatic heterocycles. The topological polar surface area (TPSA) is 24.1 Å². The Kier molecular flexibility index (Phi) is 1.88. The minimum Gasteiger partial charge on any atom is -0.311 e. The average molecular weight is 180 g/mol. The summed E-state index contributed by atoms with van der Waals surface area (Å²) in [6.07, 6.45) is 8.79. The summed E-state index contributed by atoms with van der Waals surface area (Å²) >= 11 is 0. The van der Waals surface area contributed by atoms with Crippen LogP contribution in [0.25, 0.3) is 0 Å². The van der Waals surface area contributed by atoms with Gasteiger partial charge in [-0.25, -0.2) is 0 Å². The van der Waals surface area contributed by atoms with Crippen LogP contribution in [-0.2, 0) is 0 Å². The lowest BCUT2D eigenvalue weighted by molar-refractivity contribution is 0.294. The van der Waals surface area contributed by atoms with Crippen molar-refractivity contribution in [2.45, 2.75) is 50.1 Å². The van der Waals surface area contributed by atoms with Crippen LogP contribution < -0.4 is 10.6 Å². The van der Waals surface area contributed by atoms with E-state index in [2.05, 4.69) is 10.6 Å². The Balaban J connectivity index is 1.64. The molecule has 0 amide bonds. The van der Waals surface area contributed by atoms with E-state index in [0.29, 0.717) is 5.54 Å². The Morgan fingerprint density at radius 1 is 1.23 bits per heavy atom. The smallest absolute Gasteiger partial charge is 0.0324 e. The van der Waals surface area contributed by atoms with E-state index in [1.807, 2.05) is 0 Å². The first kappa shape index (κ1) is 8.25. The standard InChI is InChI=1S/C11H20N2/c1-2-4-9(3-1)5-11-6-10(7-13-11)12-8-11/h9-10,12-13H,1-8H2/t10-,11-/m0/s1. The predicted octanol–water partition coefficient (Wildman–Crippen LogP) is 1.27. The molecule has 0 aromatic carbocycles. The fraction of sp³-hybridized carbons (Fsp3) is 1.00. The van der Waals surface area contributed by atoms with Gasteiger partial charge in [0.05, 0.1) is 0 Å². The van der Waals surface area contributed by atoms with Gasteiger partial charge in [-0.05, 0) is 18.8 Å². The molecule has 3 aliphatic rings. The van der Waals surface area contributed by atoms with Gasteiger partial charge in [0, 0.05) is 24.7 Å². The zero-order valence-corrected chi connectivity index (χ0v) is 8.31. The second-order valence-corrected chi connectivity index (χ2v) is 5.30. The summed E-state index contributed by atoms with van der Waals surface area (Å²) in [5.74, 6) is 1.03. The zero-order valence-electron chi connectivity index (χ0n) is 8.31. The number of piperazine rings is 1. The van der Waals surface area contributed by atoms with Gasteiger partial charge in [-0.1, -0.05) is 25.7 Å². The van der Waals surface area contributed by atoms with E-state index >= 15 is 0 Å². The van der Waals surface area contributed by atoms with Gasteiger partial charge in [-0.3, -0.25) is 0 Å². The third-order valence-corrected chi connectivity index (χ3v) is 4.24. The van der Waals surface area contributed by atoms with Gasteiger partial charge in [0.1, 0.15) is 0 Å². The Bertz CT molecular complexity index is 188. The molecule has 2 heterocycles. The summed E-state index contributed by atoms with van der Waals surface area (Å²) in [4.78, 5) is 0. The van der Waals surface area contributed by atoms with Crippen LogP contribution in [0.2, 0.25) is 0 Å². The molecule has 74 valence electrons. The first-order chi connectivity index (χ1) is 6.36. The third-order valence-electron chi connectivity index (χ3n) is 4.24. The molecule has 2 nitrogen and oxygen atoms in total. The van der Waals surface area contributed by atoms with Crippen molar-refractivity contribution < 1.29 is 0 Å². The lowest BCUT2D eigenvalue weighted by atomic mass is 9.86. The van der Waals surface area contributed by atoms with Crippen molar-refractivity contribution in [3.05, 3.63) is 0 Å². The fourth-order valence-electron chi connectivity index (χ4n) is 3.57. The summed E-state index contributed by atoms with van der Waals surface area (Å²) in [7, 11) is 0. The molecule has 3 rings (SSSR count). The average Bonchev–Trinajstić information content (AvgIpc) is 2.79. The normalized spacial score (nSPS) is 44.8. The van der Waals surface area contributed by atoms with Gasteiger partial charge in [0.2, 0.25) is 0 Å². The highest BCUT2D eigenvalue weighted by Gasteiger charge is 2.45. The third kappa shape index (κ3) is 1.40. The van der Waals surface area contributed by atoms with Crippen molar-refractivity contribution in [3.63, 3.8) is 0 Å².